The zero-order valence-electron chi connectivity index (χ0n) is 18.1. The summed E-state index contributed by atoms with van der Waals surface area (Å²) in [7, 11) is 0. The van der Waals surface area contributed by atoms with Crippen LogP contribution >= 0.6 is 0 Å². The van der Waals surface area contributed by atoms with Gasteiger partial charge in [0.25, 0.3) is 0 Å². The molecule has 1 saturated heterocycles. The monoisotopic (exact) mass is 400 g/mol. The highest BCUT2D eigenvalue weighted by Crippen LogP contribution is 2.01. The third-order valence-corrected chi connectivity index (χ3v) is 4.88. The summed E-state index contributed by atoms with van der Waals surface area (Å²) >= 11 is 0. The topological polar surface area (TPSA) is 74.4 Å². The number of esters is 2. The molecule has 0 saturated carbocycles. The van der Waals surface area contributed by atoms with Gasteiger partial charge in [-0.25, -0.2) is 0 Å². The van der Waals surface area contributed by atoms with Gasteiger partial charge in [0.1, 0.15) is 0 Å². The Bertz CT molecular complexity index is 436. The first-order valence-electron chi connectivity index (χ1n) is 10.8. The van der Waals surface area contributed by atoms with Crippen LogP contribution in [0.4, 0.5) is 0 Å². The molecule has 0 aromatic rings. The summed E-state index contributed by atoms with van der Waals surface area (Å²) in [5.74, 6) is -0.371. The molecule has 0 aromatic carbocycles. The van der Waals surface area contributed by atoms with Gasteiger partial charge in [-0.2, -0.15) is 0 Å². The van der Waals surface area contributed by atoms with Gasteiger partial charge in [0.2, 0.25) is 0 Å². The second kappa shape index (κ2) is 15.7. The molecule has 0 aliphatic carbocycles. The van der Waals surface area contributed by atoms with Crippen molar-refractivity contribution >= 4 is 11.9 Å². The zero-order valence-corrected chi connectivity index (χ0v) is 18.1. The zero-order chi connectivity index (χ0) is 20.6. The highest BCUT2D eigenvalue weighted by Gasteiger charge is 2.17. The fraction of sp³-hybridized carbons (Fsp3) is 0.900. The van der Waals surface area contributed by atoms with E-state index in [1.54, 1.807) is 0 Å². The lowest BCUT2D eigenvalue weighted by molar-refractivity contribution is -0.146. The minimum Gasteiger partial charge on any atom is -0.465 e. The number of rotatable bonds is 7. The molecule has 0 atom stereocenters. The lowest BCUT2D eigenvalue weighted by Gasteiger charge is -2.28. The lowest BCUT2D eigenvalue weighted by Crippen LogP contribution is -2.43. The van der Waals surface area contributed by atoms with Crippen LogP contribution in [0.1, 0.15) is 33.6 Å². The van der Waals surface area contributed by atoms with Gasteiger partial charge >= 0.3 is 11.9 Å². The Morgan fingerprint density at radius 2 is 1.25 bits per heavy atom. The number of hydrogen-bond acceptors (Lipinski definition) is 8. The van der Waals surface area contributed by atoms with Crippen LogP contribution in [0.25, 0.3) is 0 Å². The van der Waals surface area contributed by atoms with Gasteiger partial charge in [0.05, 0.1) is 26.3 Å². The van der Waals surface area contributed by atoms with Crippen LogP contribution in [0.3, 0.4) is 0 Å². The van der Waals surface area contributed by atoms with E-state index >= 15 is 0 Å². The van der Waals surface area contributed by atoms with Gasteiger partial charge in [0.15, 0.2) is 0 Å². The molecule has 1 heterocycles. The van der Waals surface area contributed by atoms with Gasteiger partial charge in [-0.05, 0) is 52.9 Å². The molecule has 164 valence electrons. The number of carbonyl (C=O) groups excluding carboxylic acids is 2. The van der Waals surface area contributed by atoms with Crippen LogP contribution in [0.5, 0.6) is 0 Å². The number of carbonyl (C=O) groups is 2. The molecule has 1 aliphatic rings. The molecular weight excluding hydrogens is 360 g/mol. The molecule has 28 heavy (non-hydrogen) atoms. The van der Waals surface area contributed by atoms with Crippen LogP contribution in [0.2, 0.25) is 0 Å². The van der Waals surface area contributed by atoms with E-state index in [9.17, 15) is 9.59 Å². The summed E-state index contributed by atoms with van der Waals surface area (Å²) in [6.45, 7) is 15.4. The standard InChI is InChI=1S/C20H40N4O4/c1-4-22-12-8-13-24(18-20(26)28-6-3)16-15-23(17-19(25)27-5-2)11-7-9-21-10-14-22/h21H,4-18H2,1-3H3. The molecule has 0 bridgehead atoms. The van der Waals surface area contributed by atoms with E-state index in [1.165, 1.54) is 0 Å². The van der Waals surface area contributed by atoms with Crippen molar-refractivity contribution < 1.29 is 19.1 Å². The molecule has 0 unspecified atom stereocenters. The Labute approximate surface area is 170 Å². The second-order valence-corrected chi connectivity index (χ2v) is 7.05. The van der Waals surface area contributed by atoms with Crippen LogP contribution in [-0.4, -0.2) is 112 Å². The van der Waals surface area contributed by atoms with Crippen LogP contribution < -0.4 is 5.32 Å². The van der Waals surface area contributed by atoms with Crippen molar-refractivity contribution in [1.82, 2.24) is 20.0 Å². The van der Waals surface area contributed by atoms with E-state index < -0.39 is 0 Å². The Morgan fingerprint density at radius 1 is 0.714 bits per heavy atom. The summed E-state index contributed by atoms with van der Waals surface area (Å²) in [6, 6.07) is 0. The molecule has 1 N–H and O–H groups in total. The summed E-state index contributed by atoms with van der Waals surface area (Å²) in [5.41, 5.74) is 0. The van der Waals surface area contributed by atoms with Crippen LogP contribution in [0, 0.1) is 0 Å². The van der Waals surface area contributed by atoms with Crippen molar-refractivity contribution in [3.63, 3.8) is 0 Å². The van der Waals surface area contributed by atoms with Crippen molar-refractivity contribution in [2.24, 2.45) is 0 Å². The van der Waals surface area contributed by atoms with Crippen LogP contribution in [0.15, 0.2) is 0 Å². The first-order valence-corrected chi connectivity index (χ1v) is 10.8. The predicted octanol–water partition coefficient (Wildman–Crippen LogP) is 0.422. The predicted molar refractivity (Wildman–Crippen MR) is 110 cm³/mol. The smallest absolute Gasteiger partial charge is 0.320 e. The highest BCUT2D eigenvalue weighted by atomic mass is 16.5. The average Bonchev–Trinajstić information content (AvgIpc) is 2.66. The fourth-order valence-electron chi connectivity index (χ4n) is 3.34. The summed E-state index contributed by atoms with van der Waals surface area (Å²) in [4.78, 5) is 30.6. The summed E-state index contributed by atoms with van der Waals surface area (Å²) in [5, 5.41) is 3.50. The van der Waals surface area contributed by atoms with Gasteiger partial charge in [-0.3, -0.25) is 19.4 Å². The minimum atomic E-state index is -0.188. The van der Waals surface area contributed by atoms with Crippen molar-refractivity contribution in [3.05, 3.63) is 0 Å². The van der Waals surface area contributed by atoms with E-state index in [4.69, 9.17) is 9.47 Å². The first-order chi connectivity index (χ1) is 13.6. The third kappa shape index (κ3) is 11.6. The van der Waals surface area contributed by atoms with Crippen molar-refractivity contribution in [1.29, 1.82) is 0 Å². The number of nitrogens with zero attached hydrogens (tertiary/aromatic N) is 3. The Balaban J connectivity index is 2.69. The van der Waals surface area contributed by atoms with Crippen molar-refractivity contribution in [2.45, 2.75) is 33.6 Å². The molecule has 0 aromatic heterocycles. The summed E-state index contributed by atoms with van der Waals surface area (Å²) < 4.78 is 10.2. The SMILES string of the molecule is CCOC(=O)CN1CCCNCCN(CC)CCCN(CC(=O)OCC)CC1. The van der Waals surface area contributed by atoms with E-state index in [0.717, 1.165) is 71.7 Å². The van der Waals surface area contributed by atoms with Gasteiger partial charge in [0, 0.05) is 32.7 Å². The average molecular weight is 401 g/mol. The van der Waals surface area contributed by atoms with Gasteiger partial charge in [-0.15, -0.1) is 0 Å². The minimum absolute atomic E-state index is 0.183. The molecule has 0 spiro atoms. The Hall–Kier alpha value is -1.22. The second-order valence-electron chi connectivity index (χ2n) is 7.05. The van der Waals surface area contributed by atoms with Crippen LogP contribution in [-0.2, 0) is 19.1 Å². The molecule has 8 heteroatoms. The number of hydrogen-bond donors (Lipinski definition) is 1. The Morgan fingerprint density at radius 3 is 1.79 bits per heavy atom. The number of nitrogens with one attached hydrogen (secondary N) is 1. The fourth-order valence-corrected chi connectivity index (χ4v) is 3.34. The quantitative estimate of drug-likeness (QED) is 0.617. The Kier molecular flexibility index (Phi) is 13.9. The van der Waals surface area contributed by atoms with E-state index in [1.807, 2.05) is 13.8 Å². The number of likely N-dealkylation sites (N-methyl/N-ethyl adjacent to an activating group) is 1. The molecule has 0 amide bonds. The maximum absolute atomic E-state index is 12.0. The van der Waals surface area contributed by atoms with Crippen molar-refractivity contribution in [2.75, 3.05) is 85.2 Å². The maximum atomic E-state index is 12.0. The lowest BCUT2D eigenvalue weighted by atomic mass is 10.3. The third-order valence-electron chi connectivity index (χ3n) is 4.88. The van der Waals surface area contributed by atoms with E-state index in [2.05, 4.69) is 26.9 Å². The van der Waals surface area contributed by atoms with Crippen molar-refractivity contribution in [3.8, 4) is 0 Å². The maximum Gasteiger partial charge on any atom is 0.320 e. The molecule has 0 radical (unpaired) electrons. The largest absolute Gasteiger partial charge is 0.465 e. The number of ether oxygens (including phenoxy) is 2. The van der Waals surface area contributed by atoms with Gasteiger partial charge < -0.3 is 19.7 Å². The van der Waals surface area contributed by atoms with Gasteiger partial charge in [-0.1, -0.05) is 6.92 Å². The van der Waals surface area contributed by atoms with E-state index in [-0.39, 0.29) is 11.9 Å². The van der Waals surface area contributed by atoms with E-state index in [0.29, 0.717) is 26.3 Å². The molecule has 1 fully saturated rings. The first kappa shape index (κ1) is 24.8. The molecule has 1 aliphatic heterocycles. The normalized spacial score (nSPS) is 19.7. The summed E-state index contributed by atoms with van der Waals surface area (Å²) in [6.07, 6.45) is 1.98. The molecule has 1 rings (SSSR count). The highest BCUT2D eigenvalue weighted by molar-refractivity contribution is 5.72. The molecule has 8 nitrogen and oxygen atoms in total. The molecular formula is C20H40N4O4.